The van der Waals surface area contributed by atoms with Gasteiger partial charge in [-0.2, -0.15) is 0 Å². The van der Waals surface area contributed by atoms with Crippen molar-refractivity contribution in [2.24, 2.45) is 0 Å². The van der Waals surface area contributed by atoms with Crippen molar-refractivity contribution in [1.82, 2.24) is 0 Å². The summed E-state index contributed by atoms with van der Waals surface area (Å²) in [4.78, 5) is 24.5. The minimum absolute atomic E-state index is 0.00204. The first-order chi connectivity index (χ1) is 11.6. The summed E-state index contributed by atoms with van der Waals surface area (Å²) in [5.41, 5.74) is 0.818. The van der Waals surface area contributed by atoms with Crippen LogP contribution in [0.15, 0.2) is 63.8 Å². The van der Waals surface area contributed by atoms with Crippen molar-refractivity contribution in [3.05, 3.63) is 64.8 Å². The predicted octanol–water partition coefficient (Wildman–Crippen LogP) is 3.40. The van der Waals surface area contributed by atoms with Gasteiger partial charge >= 0.3 is 5.97 Å². The molecule has 0 saturated carbocycles. The van der Waals surface area contributed by atoms with Gasteiger partial charge in [-0.3, -0.25) is 4.79 Å². The Morgan fingerprint density at radius 1 is 1.04 bits per heavy atom. The smallest absolute Gasteiger partial charge is 0.346 e. The van der Waals surface area contributed by atoms with E-state index in [1.807, 2.05) is 30.3 Å². The maximum Gasteiger partial charge on any atom is 0.346 e. The van der Waals surface area contributed by atoms with Crippen LogP contribution in [0.1, 0.15) is 6.92 Å². The molecular formula is C19H16O5. The number of rotatable bonds is 4. The Kier molecular flexibility index (Phi) is 4.33. The minimum atomic E-state index is -0.929. The van der Waals surface area contributed by atoms with E-state index in [9.17, 15) is 9.59 Å². The number of ether oxygens (including phenoxy) is 2. The molecule has 0 aliphatic rings. The second-order valence-electron chi connectivity index (χ2n) is 5.23. The second-order valence-corrected chi connectivity index (χ2v) is 5.23. The van der Waals surface area contributed by atoms with E-state index >= 15 is 0 Å². The minimum Gasteiger partial charge on any atom is -0.471 e. The van der Waals surface area contributed by atoms with E-state index in [-0.39, 0.29) is 16.9 Å². The summed E-state index contributed by atoms with van der Waals surface area (Å²) >= 11 is 0. The van der Waals surface area contributed by atoms with Gasteiger partial charge in [-0.15, -0.1) is 0 Å². The first kappa shape index (κ1) is 15.8. The van der Waals surface area contributed by atoms with Crippen LogP contribution >= 0.6 is 0 Å². The van der Waals surface area contributed by atoms with Crippen LogP contribution in [0.25, 0.3) is 22.3 Å². The lowest BCUT2D eigenvalue weighted by Gasteiger charge is -2.15. The zero-order valence-corrected chi connectivity index (χ0v) is 13.3. The highest BCUT2D eigenvalue weighted by atomic mass is 16.6. The molecule has 0 N–H and O–H groups in total. The van der Waals surface area contributed by atoms with Crippen LogP contribution < -0.4 is 10.2 Å². The number of hydrogen-bond acceptors (Lipinski definition) is 5. The highest BCUT2D eigenvalue weighted by molar-refractivity contribution is 5.82. The van der Waals surface area contributed by atoms with E-state index in [1.165, 1.54) is 14.0 Å². The van der Waals surface area contributed by atoms with Crippen molar-refractivity contribution in [2.75, 3.05) is 7.11 Å². The number of benzene rings is 2. The van der Waals surface area contributed by atoms with Crippen LogP contribution in [0.3, 0.4) is 0 Å². The van der Waals surface area contributed by atoms with Gasteiger partial charge in [-0.25, -0.2) is 4.79 Å². The van der Waals surface area contributed by atoms with Gasteiger partial charge in [0.2, 0.25) is 11.2 Å². The fraction of sp³-hybridized carbons (Fsp3) is 0.158. The molecule has 0 amide bonds. The van der Waals surface area contributed by atoms with Gasteiger partial charge in [0, 0.05) is 5.56 Å². The van der Waals surface area contributed by atoms with Crippen molar-refractivity contribution in [1.29, 1.82) is 0 Å². The number of para-hydroxylation sites is 1. The lowest BCUT2D eigenvalue weighted by atomic mass is 10.1. The van der Waals surface area contributed by atoms with Gasteiger partial charge < -0.3 is 13.9 Å². The Morgan fingerprint density at radius 2 is 1.71 bits per heavy atom. The van der Waals surface area contributed by atoms with Gasteiger partial charge in [0.25, 0.3) is 0 Å². The average Bonchev–Trinajstić information content (AvgIpc) is 2.63. The molecule has 0 saturated heterocycles. The molecule has 0 aliphatic carbocycles. The van der Waals surface area contributed by atoms with Crippen LogP contribution in [-0.4, -0.2) is 19.2 Å². The van der Waals surface area contributed by atoms with Crippen molar-refractivity contribution >= 4 is 16.9 Å². The van der Waals surface area contributed by atoms with E-state index < -0.39 is 12.1 Å². The van der Waals surface area contributed by atoms with Gasteiger partial charge in [0.15, 0.2) is 11.9 Å². The molecule has 5 heteroatoms. The monoisotopic (exact) mass is 324 g/mol. The molecule has 0 unspecified atom stereocenters. The van der Waals surface area contributed by atoms with Crippen LogP contribution in [-0.2, 0) is 9.53 Å². The van der Waals surface area contributed by atoms with Crippen molar-refractivity contribution in [3.63, 3.8) is 0 Å². The number of carbonyl (C=O) groups excluding carboxylic acids is 1. The SMILES string of the molecule is COC(=O)[C@H](C)Oc1c(-c2ccccc2)oc2ccccc2c1=O. The van der Waals surface area contributed by atoms with Crippen molar-refractivity contribution in [2.45, 2.75) is 13.0 Å². The van der Waals surface area contributed by atoms with Gasteiger partial charge in [-0.05, 0) is 19.1 Å². The zero-order chi connectivity index (χ0) is 17.1. The van der Waals surface area contributed by atoms with Crippen LogP contribution in [0.4, 0.5) is 0 Å². The lowest BCUT2D eigenvalue weighted by molar-refractivity contribution is -0.147. The summed E-state index contributed by atoms with van der Waals surface area (Å²) in [6.07, 6.45) is -0.929. The summed E-state index contributed by atoms with van der Waals surface area (Å²) in [6, 6.07) is 16.1. The Hall–Kier alpha value is -3.08. The maximum absolute atomic E-state index is 12.8. The molecule has 1 aromatic heterocycles. The third kappa shape index (κ3) is 2.88. The molecule has 1 atom stereocenters. The Labute approximate surface area is 138 Å². The number of fused-ring (bicyclic) bond motifs is 1. The Bertz CT molecular complexity index is 927. The molecule has 0 spiro atoms. The summed E-state index contributed by atoms with van der Waals surface area (Å²) in [7, 11) is 1.27. The standard InChI is InChI=1S/C19H16O5/c1-12(19(21)22-2)23-18-16(20)14-10-6-7-11-15(14)24-17(18)13-8-4-3-5-9-13/h3-12H,1-2H3/t12-/m0/s1. The second kappa shape index (κ2) is 6.58. The highest BCUT2D eigenvalue weighted by Gasteiger charge is 2.23. The molecule has 0 radical (unpaired) electrons. The largest absolute Gasteiger partial charge is 0.471 e. The average molecular weight is 324 g/mol. The zero-order valence-electron chi connectivity index (χ0n) is 13.3. The molecule has 3 rings (SSSR count). The number of methoxy groups -OCH3 is 1. The number of carbonyl (C=O) groups is 1. The third-order valence-electron chi connectivity index (χ3n) is 3.62. The third-order valence-corrected chi connectivity index (χ3v) is 3.62. The molecule has 5 nitrogen and oxygen atoms in total. The lowest BCUT2D eigenvalue weighted by Crippen LogP contribution is -2.27. The number of esters is 1. The van der Waals surface area contributed by atoms with Crippen molar-refractivity contribution in [3.8, 4) is 17.1 Å². The van der Waals surface area contributed by atoms with E-state index in [0.717, 1.165) is 0 Å². The first-order valence-electron chi connectivity index (χ1n) is 7.47. The molecule has 0 bridgehead atoms. The van der Waals surface area contributed by atoms with Crippen molar-refractivity contribution < 1.29 is 18.7 Å². The molecule has 2 aromatic carbocycles. The summed E-state index contributed by atoms with van der Waals surface area (Å²) < 4.78 is 16.2. The molecule has 1 heterocycles. The van der Waals surface area contributed by atoms with E-state index in [2.05, 4.69) is 4.74 Å². The van der Waals surface area contributed by atoms with Gasteiger partial charge in [0.1, 0.15) is 5.58 Å². The quantitative estimate of drug-likeness (QED) is 0.688. The van der Waals surface area contributed by atoms with Crippen LogP contribution in [0.2, 0.25) is 0 Å². The number of hydrogen-bond donors (Lipinski definition) is 0. The molecular weight excluding hydrogens is 308 g/mol. The van der Waals surface area contributed by atoms with E-state index in [1.54, 1.807) is 24.3 Å². The van der Waals surface area contributed by atoms with E-state index in [0.29, 0.717) is 16.5 Å². The van der Waals surface area contributed by atoms with Gasteiger partial charge in [0.05, 0.1) is 12.5 Å². The topological polar surface area (TPSA) is 65.7 Å². The molecule has 3 aromatic rings. The Balaban J connectivity index is 2.22. The van der Waals surface area contributed by atoms with Crippen LogP contribution in [0, 0.1) is 0 Å². The van der Waals surface area contributed by atoms with Crippen LogP contribution in [0.5, 0.6) is 5.75 Å². The maximum atomic E-state index is 12.8. The summed E-state index contributed by atoms with van der Waals surface area (Å²) in [5, 5.41) is 0.393. The molecule has 0 aliphatic heterocycles. The Morgan fingerprint density at radius 3 is 2.42 bits per heavy atom. The fourth-order valence-corrected chi connectivity index (χ4v) is 2.40. The molecule has 24 heavy (non-hydrogen) atoms. The fourth-order valence-electron chi connectivity index (χ4n) is 2.40. The molecule has 122 valence electrons. The summed E-state index contributed by atoms with van der Waals surface area (Å²) in [6.45, 7) is 1.52. The highest BCUT2D eigenvalue weighted by Crippen LogP contribution is 2.31. The van der Waals surface area contributed by atoms with Gasteiger partial charge in [-0.1, -0.05) is 42.5 Å². The predicted molar refractivity (Wildman–Crippen MR) is 90.0 cm³/mol. The molecule has 0 fully saturated rings. The summed E-state index contributed by atoms with van der Waals surface area (Å²) in [5.74, 6) is -0.283. The van der Waals surface area contributed by atoms with E-state index in [4.69, 9.17) is 9.15 Å². The normalized spacial score (nSPS) is 11.9. The first-order valence-corrected chi connectivity index (χ1v) is 7.47.